The molecule has 0 saturated carbocycles. The van der Waals surface area contributed by atoms with Crippen LogP contribution in [0.5, 0.6) is 0 Å². The molecule has 0 aliphatic heterocycles. The van der Waals surface area contributed by atoms with Crippen molar-refractivity contribution in [3.8, 4) is 0 Å². The second-order valence-corrected chi connectivity index (χ2v) is 3.36. The van der Waals surface area contributed by atoms with Gasteiger partial charge >= 0.3 is 5.69 Å². The van der Waals surface area contributed by atoms with Gasteiger partial charge in [0.1, 0.15) is 0 Å². The highest BCUT2D eigenvalue weighted by Crippen LogP contribution is 2.31. The van der Waals surface area contributed by atoms with Crippen LogP contribution in [0.3, 0.4) is 0 Å². The predicted octanol–water partition coefficient (Wildman–Crippen LogP) is 1.99. The van der Waals surface area contributed by atoms with E-state index in [9.17, 15) is 14.5 Å². The third-order valence-electron chi connectivity index (χ3n) is 1.82. The molecule has 0 aromatic carbocycles. The first kappa shape index (κ1) is 12.8. The molecule has 90 valence electrons. The highest BCUT2D eigenvalue weighted by atomic mass is 19.1. The fourth-order valence-corrected chi connectivity index (χ4v) is 1.12. The largest absolute Gasteiger partial charge is 0.369 e. The Labute approximate surface area is 97.3 Å². The van der Waals surface area contributed by atoms with Crippen molar-refractivity contribution in [3.05, 3.63) is 34.3 Å². The quantitative estimate of drug-likeness (QED) is 0.348. The summed E-state index contributed by atoms with van der Waals surface area (Å²) in [7, 11) is 3.40. The van der Waals surface area contributed by atoms with E-state index in [0.29, 0.717) is 0 Å². The van der Waals surface area contributed by atoms with Gasteiger partial charge < -0.3 is 4.90 Å². The zero-order chi connectivity index (χ0) is 13.0. The molecule has 0 radical (unpaired) electrons. The van der Waals surface area contributed by atoms with E-state index in [1.165, 1.54) is 6.34 Å². The average Bonchev–Trinajstić information content (AvgIpc) is 2.26. The fourth-order valence-electron chi connectivity index (χ4n) is 1.12. The molecule has 1 rings (SSSR count). The molecule has 7 heteroatoms. The Morgan fingerprint density at radius 3 is 2.76 bits per heavy atom. The molecular formula is C10H11FN4O2. The van der Waals surface area contributed by atoms with Crippen molar-refractivity contribution in [1.82, 2.24) is 9.88 Å². The molecule has 0 aliphatic carbocycles. The third kappa shape index (κ3) is 2.83. The van der Waals surface area contributed by atoms with Gasteiger partial charge in [-0.3, -0.25) is 10.1 Å². The van der Waals surface area contributed by atoms with Crippen LogP contribution in [0.2, 0.25) is 0 Å². The van der Waals surface area contributed by atoms with E-state index in [1.54, 1.807) is 19.0 Å². The van der Waals surface area contributed by atoms with Gasteiger partial charge in [0.15, 0.2) is 5.82 Å². The summed E-state index contributed by atoms with van der Waals surface area (Å²) in [5.41, 5.74) is -0.700. The Kier molecular flexibility index (Phi) is 3.86. The summed E-state index contributed by atoms with van der Waals surface area (Å²) < 4.78 is 13.3. The monoisotopic (exact) mass is 238 g/mol. The normalized spacial score (nSPS) is 10.5. The van der Waals surface area contributed by atoms with Gasteiger partial charge in [-0.05, 0) is 0 Å². The van der Waals surface area contributed by atoms with Crippen LogP contribution in [-0.2, 0) is 0 Å². The average molecular weight is 238 g/mol. The second kappa shape index (κ2) is 5.15. The summed E-state index contributed by atoms with van der Waals surface area (Å²) in [6.07, 6.45) is 3.30. The Morgan fingerprint density at radius 1 is 1.65 bits per heavy atom. The molecule has 0 spiro atoms. The molecule has 17 heavy (non-hydrogen) atoms. The van der Waals surface area contributed by atoms with Crippen molar-refractivity contribution >= 4 is 23.9 Å². The predicted molar refractivity (Wildman–Crippen MR) is 62.8 cm³/mol. The molecule has 1 heterocycles. The van der Waals surface area contributed by atoms with Crippen LogP contribution in [0.15, 0.2) is 17.8 Å². The van der Waals surface area contributed by atoms with Crippen LogP contribution in [0, 0.1) is 15.9 Å². The number of halogens is 1. The van der Waals surface area contributed by atoms with Crippen molar-refractivity contribution in [2.75, 3.05) is 14.1 Å². The van der Waals surface area contributed by atoms with Crippen molar-refractivity contribution in [2.45, 2.75) is 0 Å². The molecule has 1 aromatic rings. The van der Waals surface area contributed by atoms with E-state index in [2.05, 4.69) is 16.6 Å². The van der Waals surface area contributed by atoms with Gasteiger partial charge in [-0.1, -0.05) is 12.7 Å². The van der Waals surface area contributed by atoms with Crippen LogP contribution in [0.25, 0.3) is 6.08 Å². The lowest BCUT2D eigenvalue weighted by Crippen LogP contribution is -2.07. The highest BCUT2D eigenvalue weighted by Gasteiger charge is 2.22. The van der Waals surface area contributed by atoms with Crippen LogP contribution in [0.1, 0.15) is 5.56 Å². The van der Waals surface area contributed by atoms with E-state index in [-0.39, 0.29) is 11.4 Å². The van der Waals surface area contributed by atoms with Crippen molar-refractivity contribution in [3.63, 3.8) is 0 Å². The van der Waals surface area contributed by atoms with E-state index < -0.39 is 16.4 Å². The lowest BCUT2D eigenvalue weighted by Gasteiger charge is -2.04. The van der Waals surface area contributed by atoms with Gasteiger partial charge in [0.25, 0.3) is 0 Å². The maximum atomic E-state index is 13.3. The molecule has 0 aliphatic rings. The third-order valence-corrected chi connectivity index (χ3v) is 1.82. The number of nitro groups is 1. The SMILES string of the molecule is C=Cc1c(F)cnc(N=CN(C)C)c1[N+](=O)[O-]. The van der Waals surface area contributed by atoms with Gasteiger partial charge in [0.05, 0.1) is 23.0 Å². The maximum Gasteiger partial charge on any atom is 0.323 e. The summed E-state index contributed by atoms with van der Waals surface area (Å²) in [5, 5.41) is 10.9. The number of hydrogen-bond donors (Lipinski definition) is 0. The molecule has 0 atom stereocenters. The first-order valence-corrected chi connectivity index (χ1v) is 4.63. The molecule has 1 aromatic heterocycles. The second-order valence-electron chi connectivity index (χ2n) is 3.36. The molecule has 0 bridgehead atoms. The Balaban J connectivity index is 3.40. The summed E-state index contributed by atoms with van der Waals surface area (Å²) >= 11 is 0. The number of pyridine rings is 1. The Hall–Kier alpha value is -2.31. The van der Waals surface area contributed by atoms with E-state index in [0.717, 1.165) is 12.3 Å². The van der Waals surface area contributed by atoms with Crippen LogP contribution in [0.4, 0.5) is 15.9 Å². The zero-order valence-electron chi connectivity index (χ0n) is 9.42. The maximum absolute atomic E-state index is 13.3. The smallest absolute Gasteiger partial charge is 0.323 e. The minimum atomic E-state index is -0.796. The fraction of sp³-hybridized carbons (Fsp3) is 0.200. The van der Waals surface area contributed by atoms with E-state index in [4.69, 9.17) is 0 Å². The Bertz CT molecular complexity index is 485. The van der Waals surface area contributed by atoms with Crippen LogP contribution < -0.4 is 0 Å². The van der Waals surface area contributed by atoms with Gasteiger partial charge in [0.2, 0.25) is 5.82 Å². The lowest BCUT2D eigenvalue weighted by molar-refractivity contribution is -0.384. The highest BCUT2D eigenvalue weighted by molar-refractivity contribution is 5.71. The molecule has 6 nitrogen and oxygen atoms in total. The number of aliphatic imine (C=N–C) groups is 1. The summed E-state index contributed by atoms with van der Waals surface area (Å²) in [6, 6.07) is 0. The molecule has 0 amide bonds. The number of hydrogen-bond acceptors (Lipinski definition) is 4. The first-order chi connectivity index (χ1) is 7.97. The Morgan fingerprint density at radius 2 is 2.29 bits per heavy atom. The molecule has 0 N–H and O–H groups in total. The zero-order valence-corrected chi connectivity index (χ0v) is 9.42. The standard InChI is InChI=1S/C10H11FN4O2/c1-4-7-8(11)5-12-10(9(7)15(16)17)13-6-14(2)3/h4-6H,1H2,2-3H3. The van der Waals surface area contributed by atoms with Crippen molar-refractivity contribution in [1.29, 1.82) is 0 Å². The van der Waals surface area contributed by atoms with E-state index >= 15 is 0 Å². The van der Waals surface area contributed by atoms with Gasteiger partial charge in [0, 0.05) is 14.1 Å². The minimum Gasteiger partial charge on any atom is -0.369 e. The summed E-state index contributed by atoms with van der Waals surface area (Å²) in [6.45, 7) is 3.34. The number of nitrogens with zero attached hydrogens (tertiary/aromatic N) is 4. The van der Waals surface area contributed by atoms with E-state index in [1.807, 2.05) is 0 Å². The topological polar surface area (TPSA) is 71.6 Å². The number of rotatable bonds is 4. The molecule has 0 saturated heterocycles. The molecule has 0 unspecified atom stereocenters. The van der Waals surface area contributed by atoms with Crippen LogP contribution >= 0.6 is 0 Å². The van der Waals surface area contributed by atoms with Crippen LogP contribution in [-0.4, -0.2) is 35.2 Å². The summed E-state index contributed by atoms with van der Waals surface area (Å²) in [5.74, 6) is -0.949. The van der Waals surface area contributed by atoms with Gasteiger partial charge in [-0.15, -0.1) is 0 Å². The molecule has 0 fully saturated rings. The summed E-state index contributed by atoms with van der Waals surface area (Å²) in [4.78, 5) is 19.1. The van der Waals surface area contributed by atoms with Gasteiger partial charge in [-0.2, -0.15) is 0 Å². The van der Waals surface area contributed by atoms with Crippen molar-refractivity contribution < 1.29 is 9.31 Å². The first-order valence-electron chi connectivity index (χ1n) is 4.63. The van der Waals surface area contributed by atoms with Gasteiger partial charge in [-0.25, -0.2) is 14.4 Å². The molecular weight excluding hydrogens is 227 g/mol. The minimum absolute atomic E-state index is 0.153. The number of aromatic nitrogens is 1. The van der Waals surface area contributed by atoms with Crippen molar-refractivity contribution in [2.24, 2.45) is 4.99 Å². The lowest BCUT2D eigenvalue weighted by atomic mass is 10.2.